The van der Waals surface area contributed by atoms with E-state index in [2.05, 4.69) is 10.9 Å². The van der Waals surface area contributed by atoms with Crippen LogP contribution in [-0.4, -0.2) is 42.5 Å². The molecule has 0 heterocycles. The average molecular weight is 392 g/mol. The van der Waals surface area contributed by atoms with Crippen molar-refractivity contribution < 1.29 is 14.4 Å². The van der Waals surface area contributed by atoms with E-state index in [-0.39, 0.29) is 22.2 Å². The van der Waals surface area contributed by atoms with Crippen LogP contribution >= 0.6 is 23.4 Å². The molecule has 0 aromatic heterocycles. The minimum absolute atomic E-state index is 0.0581. The average Bonchev–Trinajstić information content (AvgIpc) is 2.64. The molecule has 0 aliphatic carbocycles. The molecule has 2 N–H and O–H groups in total. The van der Waals surface area contributed by atoms with E-state index in [1.165, 1.54) is 16.7 Å². The molecule has 2 rings (SSSR count). The van der Waals surface area contributed by atoms with Gasteiger partial charge in [-0.2, -0.15) is 0 Å². The first-order valence-corrected chi connectivity index (χ1v) is 9.03. The Bertz CT molecular complexity index is 827. The van der Waals surface area contributed by atoms with Crippen molar-refractivity contribution in [3.8, 4) is 0 Å². The standard InChI is InChI=1S/C18H18ClN3O3S/c1-22(2)16(23)11-26-15-10-6-4-8-13(15)18(25)21-20-17(24)12-7-3-5-9-14(12)19/h3-10H,11H2,1-2H3,(H,20,24)(H,21,25). The highest BCUT2D eigenvalue weighted by Crippen LogP contribution is 2.22. The number of carbonyl (C=O) groups is 3. The van der Waals surface area contributed by atoms with Crippen molar-refractivity contribution in [1.82, 2.24) is 15.8 Å². The third-order valence-electron chi connectivity index (χ3n) is 3.39. The smallest absolute Gasteiger partial charge is 0.271 e. The largest absolute Gasteiger partial charge is 0.348 e. The zero-order chi connectivity index (χ0) is 19.1. The molecule has 0 bridgehead atoms. The SMILES string of the molecule is CN(C)C(=O)CSc1ccccc1C(=O)NNC(=O)c1ccccc1Cl. The lowest BCUT2D eigenvalue weighted by Gasteiger charge is -2.13. The highest BCUT2D eigenvalue weighted by Gasteiger charge is 2.15. The molecule has 0 atom stereocenters. The van der Waals surface area contributed by atoms with Gasteiger partial charge >= 0.3 is 0 Å². The monoisotopic (exact) mass is 391 g/mol. The summed E-state index contributed by atoms with van der Waals surface area (Å²) < 4.78 is 0. The number of hydrogen-bond acceptors (Lipinski definition) is 4. The summed E-state index contributed by atoms with van der Waals surface area (Å²) in [7, 11) is 3.34. The molecule has 0 saturated heterocycles. The van der Waals surface area contributed by atoms with Crippen molar-refractivity contribution in [3.63, 3.8) is 0 Å². The van der Waals surface area contributed by atoms with Crippen molar-refractivity contribution in [2.24, 2.45) is 0 Å². The first kappa shape index (κ1) is 19.8. The van der Waals surface area contributed by atoms with Gasteiger partial charge in [-0.25, -0.2) is 0 Å². The van der Waals surface area contributed by atoms with Crippen molar-refractivity contribution in [3.05, 3.63) is 64.7 Å². The fourth-order valence-corrected chi connectivity index (χ4v) is 3.19. The van der Waals surface area contributed by atoms with E-state index in [0.29, 0.717) is 10.5 Å². The van der Waals surface area contributed by atoms with Gasteiger partial charge in [0, 0.05) is 19.0 Å². The number of hydrogen-bond donors (Lipinski definition) is 2. The van der Waals surface area contributed by atoms with E-state index in [1.807, 2.05) is 0 Å². The van der Waals surface area contributed by atoms with E-state index in [9.17, 15) is 14.4 Å². The van der Waals surface area contributed by atoms with Crippen molar-refractivity contribution in [2.45, 2.75) is 4.90 Å². The Morgan fingerprint density at radius 2 is 1.46 bits per heavy atom. The molecular weight excluding hydrogens is 374 g/mol. The molecule has 6 nitrogen and oxygen atoms in total. The van der Waals surface area contributed by atoms with Gasteiger partial charge in [-0.1, -0.05) is 35.9 Å². The Balaban J connectivity index is 2.02. The quantitative estimate of drug-likeness (QED) is 0.606. The molecule has 0 aliphatic rings. The first-order valence-electron chi connectivity index (χ1n) is 7.67. The van der Waals surface area contributed by atoms with Gasteiger partial charge in [-0.15, -0.1) is 11.8 Å². The summed E-state index contributed by atoms with van der Waals surface area (Å²) >= 11 is 7.22. The van der Waals surface area contributed by atoms with Crippen molar-refractivity contribution >= 4 is 41.1 Å². The first-order chi connectivity index (χ1) is 12.4. The highest BCUT2D eigenvalue weighted by molar-refractivity contribution is 8.00. The van der Waals surface area contributed by atoms with Gasteiger partial charge in [0.05, 0.1) is 21.9 Å². The van der Waals surface area contributed by atoms with Crippen LogP contribution in [0, 0.1) is 0 Å². The van der Waals surface area contributed by atoms with Gasteiger partial charge in [0.2, 0.25) is 5.91 Å². The minimum atomic E-state index is -0.517. The Hall–Kier alpha value is -2.51. The normalized spacial score (nSPS) is 10.1. The lowest BCUT2D eigenvalue weighted by Crippen LogP contribution is -2.41. The van der Waals surface area contributed by atoms with Gasteiger partial charge in [-0.3, -0.25) is 25.2 Å². The molecule has 3 amide bonds. The summed E-state index contributed by atoms with van der Waals surface area (Å²) in [4.78, 5) is 38.4. The summed E-state index contributed by atoms with van der Waals surface area (Å²) in [5, 5.41) is 0.289. The summed E-state index contributed by atoms with van der Waals surface area (Å²) in [5.41, 5.74) is 5.33. The van der Waals surface area contributed by atoms with Crippen LogP contribution in [0.25, 0.3) is 0 Å². The number of nitrogens with zero attached hydrogens (tertiary/aromatic N) is 1. The fraction of sp³-hybridized carbons (Fsp3) is 0.167. The second-order valence-electron chi connectivity index (χ2n) is 5.46. The zero-order valence-electron chi connectivity index (χ0n) is 14.3. The van der Waals surface area contributed by atoms with Crippen LogP contribution in [0.1, 0.15) is 20.7 Å². The second-order valence-corrected chi connectivity index (χ2v) is 6.89. The molecule has 0 spiro atoms. The molecular formula is C18H18ClN3O3S. The van der Waals surface area contributed by atoms with E-state index >= 15 is 0 Å². The molecule has 0 saturated carbocycles. The third kappa shape index (κ3) is 5.24. The molecule has 26 heavy (non-hydrogen) atoms. The topological polar surface area (TPSA) is 78.5 Å². The molecule has 0 radical (unpaired) electrons. The Labute approximate surface area is 160 Å². The second kappa shape index (κ2) is 9.26. The summed E-state index contributed by atoms with van der Waals surface area (Å²) in [5.74, 6) is -0.844. The molecule has 136 valence electrons. The van der Waals surface area contributed by atoms with Crippen LogP contribution < -0.4 is 10.9 Å². The zero-order valence-corrected chi connectivity index (χ0v) is 15.9. The van der Waals surface area contributed by atoms with Crippen LogP contribution in [0.5, 0.6) is 0 Å². The number of benzene rings is 2. The maximum absolute atomic E-state index is 12.4. The van der Waals surface area contributed by atoms with Gasteiger partial charge in [0.25, 0.3) is 11.8 Å². The molecule has 8 heteroatoms. The van der Waals surface area contributed by atoms with Gasteiger partial charge < -0.3 is 4.90 Å². The van der Waals surface area contributed by atoms with Crippen LogP contribution in [0.3, 0.4) is 0 Å². The Morgan fingerprint density at radius 3 is 2.08 bits per heavy atom. The maximum Gasteiger partial charge on any atom is 0.271 e. The Morgan fingerprint density at radius 1 is 0.923 bits per heavy atom. The molecule has 0 fully saturated rings. The molecule has 2 aromatic carbocycles. The number of halogens is 1. The van der Waals surface area contributed by atoms with Gasteiger partial charge in [0.1, 0.15) is 0 Å². The Kier molecular flexibility index (Phi) is 7.06. The van der Waals surface area contributed by atoms with Gasteiger partial charge in [-0.05, 0) is 24.3 Å². The number of amides is 3. The summed E-state index contributed by atoms with van der Waals surface area (Å²) in [6.45, 7) is 0. The predicted octanol–water partition coefficient (Wildman–Crippen LogP) is 2.60. The lowest BCUT2D eigenvalue weighted by molar-refractivity contribution is -0.125. The fourth-order valence-electron chi connectivity index (χ4n) is 1.94. The summed E-state index contributed by atoms with van der Waals surface area (Å²) in [6.07, 6.45) is 0. The van der Waals surface area contributed by atoms with Crippen LogP contribution in [0.2, 0.25) is 5.02 Å². The lowest BCUT2D eigenvalue weighted by atomic mass is 10.2. The molecule has 0 unspecified atom stereocenters. The van der Waals surface area contributed by atoms with E-state index in [1.54, 1.807) is 62.6 Å². The van der Waals surface area contributed by atoms with Crippen molar-refractivity contribution in [2.75, 3.05) is 19.8 Å². The number of rotatable bonds is 5. The van der Waals surface area contributed by atoms with Crippen LogP contribution in [-0.2, 0) is 4.79 Å². The maximum atomic E-state index is 12.4. The van der Waals surface area contributed by atoms with Crippen LogP contribution in [0.15, 0.2) is 53.4 Å². The number of carbonyl (C=O) groups excluding carboxylic acids is 3. The molecule has 0 aliphatic heterocycles. The third-order valence-corrected chi connectivity index (χ3v) is 4.78. The number of hydrazine groups is 1. The van der Waals surface area contributed by atoms with Crippen LogP contribution in [0.4, 0.5) is 0 Å². The number of nitrogens with one attached hydrogen (secondary N) is 2. The highest BCUT2D eigenvalue weighted by atomic mass is 35.5. The molecule has 2 aromatic rings. The van der Waals surface area contributed by atoms with E-state index < -0.39 is 11.8 Å². The van der Waals surface area contributed by atoms with Crippen molar-refractivity contribution in [1.29, 1.82) is 0 Å². The predicted molar refractivity (Wildman–Crippen MR) is 102 cm³/mol. The number of thioether (sulfide) groups is 1. The van der Waals surface area contributed by atoms with Gasteiger partial charge in [0.15, 0.2) is 0 Å². The van der Waals surface area contributed by atoms with E-state index in [0.717, 1.165) is 0 Å². The van der Waals surface area contributed by atoms with E-state index in [4.69, 9.17) is 11.6 Å². The minimum Gasteiger partial charge on any atom is -0.348 e. The summed E-state index contributed by atoms with van der Waals surface area (Å²) in [6, 6.07) is 13.4.